The molecule has 1 aromatic heterocycles. The number of nitrogens with zero attached hydrogens (tertiary/aromatic N) is 3. The Balaban J connectivity index is -0.0000000708. The summed E-state index contributed by atoms with van der Waals surface area (Å²) < 4.78 is 23.5. The number of halogens is 9. The summed E-state index contributed by atoms with van der Waals surface area (Å²) in [5.41, 5.74) is 5.75. The Morgan fingerprint density at radius 1 is 0.672 bits per heavy atom. The SMILES string of the molecule is C=[N-].C=[N-].C=[N-].CF.C[NH-].O=Cc1ccc(CO)o1.OCC(O)[C@H](O)[C@H](O)[C@H](O)CO.OCC1OC(O)[C@@H](O)[C@@H](O)[C@H]1O.OC[C@H]1O[C@@](O)(CO)C(O)[C@H]1O.[Cl][Cr+][Cl].[Cl][Cr+][Cl].[Cl][Cr+][Cl].[Cl][Cr+][Cl]. The zero-order valence-electron chi connectivity index (χ0n) is 34.6. The molecule has 0 spiro atoms. The molecule has 406 valence electrons. The first kappa shape index (κ1) is 91.2. The summed E-state index contributed by atoms with van der Waals surface area (Å²) in [6, 6.07) is 3.07. The number of hydrogen-bond acceptors (Lipinski definition) is 21. The predicted molar refractivity (Wildman–Crippen MR) is 236 cm³/mol. The van der Waals surface area contributed by atoms with Gasteiger partial charge in [0.05, 0.1) is 40.2 Å². The summed E-state index contributed by atoms with van der Waals surface area (Å²) in [5.74, 6) is -1.50. The fourth-order valence-electron chi connectivity index (χ4n) is 3.44. The van der Waals surface area contributed by atoms with Crippen molar-refractivity contribution in [1.29, 1.82) is 0 Å². The van der Waals surface area contributed by atoms with Crippen LogP contribution in [0.15, 0.2) is 16.5 Å². The number of ether oxygens (including phenoxy) is 2. The van der Waals surface area contributed by atoms with Crippen LogP contribution in [0.4, 0.5) is 4.39 Å². The molecule has 18 N–H and O–H groups in total. The van der Waals surface area contributed by atoms with E-state index in [1.807, 2.05) is 0 Å². The van der Waals surface area contributed by atoms with Gasteiger partial charge in [-0.1, -0.05) is 0 Å². The minimum atomic E-state index is -2.16. The van der Waals surface area contributed by atoms with E-state index < -0.39 is 112 Å². The van der Waals surface area contributed by atoms with Gasteiger partial charge in [-0.15, -0.1) is 0 Å². The number of carbonyl (C=O) groups excluding carboxylic acids is 1. The molecule has 2 fully saturated rings. The molecular formula is C29H57Cl8Cr4FN4O21. The van der Waals surface area contributed by atoms with Crippen LogP contribution >= 0.6 is 80.4 Å². The Hall–Kier alpha value is 1.54. The molecule has 38 heteroatoms. The third-order valence-electron chi connectivity index (χ3n) is 6.26. The molecule has 0 radical (unpaired) electrons. The Labute approximate surface area is 445 Å². The van der Waals surface area contributed by atoms with Crippen molar-refractivity contribution in [3.63, 3.8) is 0 Å². The summed E-state index contributed by atoms with van der Waals surface area (Å²) >= 11 is -0.722. The van der Waals surface area contributed by atoms with Gasteiger partial charge in [-0.25, -0.2) is 20.2 Å². The molecule has 0 saturated carbocycles. The van der Waals surface area contributed by atoms with Gasteiger partial charge in [-0.2, -0.15) is 7.05 Å². The summed E-state index contributed by atoms with van der Waals surface area (Å²) in [6.45, 7) is 3.25. The molecule has 3 rings (SSSR count). The zero-order valence-corrected chi connectivity index (χ0v) is 45.8. The molecule has 2 aliphatic rings. The monoisotopic (exact) mass is 1300 g/mol. The molecule has 13 atom stereocenters. The molecule has 0 bridgehead atoms. The van der Waals surface area contributed by atoms with Gasteiger partial charge < -0.3 is 123 Å². The van der Waals surface area contributed by atoms with Crippen LogP contribution in [0.2, 0.25) is 0 Å². The van der Waals surface area contributed by atoms with Crippen molar-refractivity contribution in [2.45, 2.75) is 85.8 Å². The number of nitrogens with one attached hydrogen (secondary N) is 1. The molecular weight excluding hydrogens is 1250 g/mol. The van der Waals surface area contributed by atoms with Crippen LogP contribution in [0.25, 0.3) is 22.0 Å². The van der Waals surface area contributed by atoms with Crippen LogP contribution in [0.1, 0.15) is 16.3 Å². The van der Waals surface area contributed by atoms with Crippen LogP contribution in [0.5, 0.6) is 0 Å². The number of rotatable bonds is 10. The average Bonchev–Trinajstić information content (AvgIpc) is 3.94. The van der Waals surface area contributed by atoms with Crippen LogP contribution in [-0.2, 0) is 69.6 Å². The topological polar surface area (TPSA) is 483 Å². The Bertz CT molecular complexity index is 1070. The second-order valence-corrected chi connectivity index (χ2v) is 18.2. The van der Waals surface area contributed by atoms with E-state index in [2.05, 4.69) is 29.6 Å². The summed E-state index contributed by atoms with van der Waals surface area (Å²) in [7, 11) is 40.4. The van der Waals surface area contributed by atoms with Gasteiger partial charge in [-0.3, -0.25) is 9.18 Å². The van der Waals surface area contributed by atoms with Crippen LogP contribution in [0.3, 0.4) is 0 Å². The van der Waals surface area contributed by atoms with Gasteiger partial charge in [0, 0.05) is 0 Å². The molecule has 2 aliphatic heterocycles. The number of aliphatic hydroxyl groups is 17. The van der Waals surface area contributed by atoms with E-state index in [1.165, 1.54) is 13.1 Å². The number of furan rings is 1. The molecule has 1 aromatic rings. The molecule has 0 amide bonds. The van der Waals surface area contributed by atoms with Crippen molar-refractivity contribution in [1.82, 2.24) is 0 Å². The third kappa shape index (κ3) is 49.5. The second kappa shape index (κ2) is 69.6. The first-order valence-corrected chi connectivity index (χ1v) is 30.2. The number of aliphatic hydroxyl groups excluding tert-OH is 16. The van der Waals surface area contributed by atoms with E-state index in [-0.39, 0.29) is 65.9 Å². The number of carbonyl (C=O) groups is 1. The second-order valence-electron chi connectivity index (χ2n) is 9.79. The molecule has 2 saturated heterocycles. The Kier molecular flexibility index (Phi) is 94.8. The van der Waals surface area contributed by atoms with Crippen molar-refractivity contribution in [3.8, 4) is 0 Å². The molecule has 0 aliphatic carbocycles. The fraction of sp³-hybridized carbons (Fsp3) is 0.724. The van der Waals surface area contributed by atoms with Crippen molar-refractivity contribution < 1.29 is 163 Å². The standard InChI is InChI=1S/2C6H12O6.C6H14O6.C6H6O3.CH3F.CH4N.3CH2N.8ClH.4Cr/c7-1-3-4(9)5(10)6(11,2-8)12-3;7-1-2-3(8)4(9)5(10)6(11)12-2;7-1-3(9)5(11)6(12)4(10)2-8;7-3-5-1-2-6(4-8)9-5;5*1-2;;;;;;;;;;;;/h3-5,7-11H,1-2H2;2-11H,1H2;3-12H,1-2H2;1-3,8H,4H2;1H3;2H,1H3;3*1H2;8*1H;;;;/q;;;;;4*-1;;;;;;;;;4*+3/p-8/t3-,4+,5?,6+;2?,3-,4-,5-,6?;3-,4?,5-,6+;;;;;;;;;;;;;;;;;;/m101................../s1. The van der Waals surface area contributed by atoms with E-state index in [1.54, 1.807) is 6.07 Å². The fourth-order valence-corrected chi connectivity index (χ4v) is 3.44. The Morgan fingerprint density at radius 3 is 1.22 bits per heavy atom. The molecule has 4 unspecified atom stereocenters. The molecule has 67 heavy (non-hydrogen) atoms. The van der Waals surface area contributed by atoms with Crippen LogP contribution in [0, 0.1) is 0 Å². The molecule has 0 aromatic carbocycles. The van der Waals surface area contributed by atoms with Crippen molar-refractivity contribution >= 4 is 107 Å². The number of aldehydes is 1. The zero-order chi connectivity index (χ0) is 55.9. The average molecular weight is 1310 g/mol. The number of alkyl halides is 1. The summed E-state index contributed by atoms with van der Waals surface area (Å²) in [5, 5.41) is 170. The third-order valence-corrected chi connectivity index (χ3v) is 6.26. The van der Waals surface area contributed by atoms with Crippen molar-refractivity contribution in [2.24, 2.45) is 0 Å². The molecule has 25 nitrogen and oxygen atoms in total. The van der Waals surface area contributed by atoms with E-state index in [4.69, 9.17) is 188 Å². The molecule has 3 heterocycles. The summed E-state index contributed by atoms with van der Waals surface area (Å²) in [4.78, 5) is 9.96. The maximum absolute atomic E-state index is 9.96. The maximum atomic E-state index is 9.96. The van der Waals surface area contributed by atoms with Gasteiger partial charge >= 0.3 is 134 Å². The number of hydrogen-bond donors (Lipinski definition) is 17. The van der Waals surface area contributed by atoms with Crippen molar-refractivity contribution in [3.05, 3.63) is 45.6 Å². The van der Waals surface area contributed by atoms with Crippen molar-refractivity contribution in [2.75, 3.05) is 47.3 Å². The van der Waals surface area contributed by atoms with Gasteiger partial charge in [0.2, 0.25) is 5.79 Å². The van der Waals surface area contributed by atoms with Crippen LogP contribution in [-0.4, -0.2) is 240 Å². The summed E-state index contributed by atoms with van der Waals surface area (Å²) in [6.07, 6.45) is -16.9. The first-order chi connectivity index (χ1) is 31.7. The minimum absolute atomic E-state index is 0.159. The van der Waals surface area contributed by atoms with E-state index >= 15 is 0 Å². The first-order valence-electron chi connectivity index (χ1n) is 16.1. The van der Waals surface area contributed by atoms with E-state index in [0.717, 1.165) is 0 Å². The van der Waals surface area contributed by atoms with Gasteiger partial charge in [-0.05, 0) is 12.1 Å². The van der Waals surface area contributed by atoms with Gasteiger partial charge in [0.15, 0.2) is 18.3 Å². The van der Waals surface area contributed by atoms with Gasteiger partial charge in [0.25, 0.3) is 0 Å². The van der Waals surface area contributed by atoms with Crippen LogP contribution < -0.4 is 0 Å². The quantitative estimate of drug-likeness (QED) is 0.0897. The Morgan fingerprint density at radius 2 is 1.01 bits per heavy atom. The predicted octanol–water partition coefficient (Wildman–Crippen LogP) is -1.91. The van der Waals surface area contributed by atoms with E-state index in [0.29, 0.717) is 19.2 Å². The van der Waals surface area contributed by atoms with Gasteiger partial charge in [0.1, 0.15) is 79.5 Å². The normalized spacial score (nSPS) is 23.8. The van der Waals surface area contributed by atoms with E-state index in [9.17, 15) is 14.3 Å².